The smallest absolute Gasteiger partial charge is 0.0113 e. The zero-order chi connectivity index (χ0) is 14.8. The number of piperazine rings is 1. The maximum absolute atomic E-state index is 6.38. The summed E-state index contributed by atoms with van der Waals surface area (Å²) in [5.74, 6) is 0.703. The first-order chi connectivity index (χ1) is 9.41. The van der Waals surface area contributed by atoms with Crippen LogP contribution in [-0.2, 0) is 0 Å². The van der Waals surface area contributed by atoms with Gasteiger partial charge in [0.2, 0.25) is 0 Å². The normalized spacial score (nSPS) is 34.0. The summed E-state index contributed by atoms with van der Waals surface area (Å²) in [5.41, 5.74) is 6.88. The summed E-state index contributed by atoms with van der Waals surface area (Å²) in [6.07, 6.45) is 5.08. The molecule has 1 saturated heterocycles. The second kappa shape index (κ2) is 6.76. The van der Waals surface area contributed by atoms with Crippen molar-refractivity contribution in [3.8, 4) is 0 Å². The first-order valence-electron chi connectivity index (χ1n) is 8.63. The molecule has 118 valence electrons. The van der Waals surface area contributed by atoms with E-state index in [1.165, 1.54) is 58.4 Å². The molecule has 2 aliphatic rings. The fourth-order valence-electron chi connectivity index (χ4n) is 3.93. The zero-order valence-corrected chi connectivity index (χ0v) is 14.1. The van der Waals surface area contributed by atoms with E-state index in [9.17, 15) is 0 Å². The van der Waals surface area contributed by atoms with Crippen molar-refractivity contribution in [3.63, 3.8) is 0 Å². The fourth-order valence-corrected chi connectivity index (χ4v) is 3.93. The van der Waals surface area contributed by atoms with Crippen molar-refractivity contribution in [3.05, 3.63) is 0 Å². The largest absolute Gasteiger partial charge is 0.327 e. The number of hydrogen-bond donors (Lipinski definition) is 1. The monoisotopic (exact) mass is 281 g/mol. The van der Waals surface area contributed by atoms with Gasteiger partial charge >= 0.3 is 0 Å². The van der Waals surface area contributed by atoms with Crippen molar-refractivity contribution < 1.29 is 0 Å². The Hall–Kier alpha value is -0.120. The highest BCUT2D eigenvalue weighted by molar-refractivity contribution is 4.89. The molecule has 20 heavy (non-hydrogen) atoms. The standard InChI is InChI=1S/C17H35N3/c1-5-14(2)20-10-8-19(9-11-20)13-15-12-17(3,4)7-6-16(15)18/h14-16H,5-13,18H2,1-4H3. The van der Waals surface area contributed by atoms with Gasteiger partial charge in [-0.2, -0.15) is 0 Å². The number of nitrogens with zero attached hydrogens (tertiary/aromatic N) is 2. The van der Waals surface area contributed by atoms with E-state index in [1.807, 2.05) is 0 Å². The van der Waals surface area contributed by atoms with Crippen molar-refractivity contribution in [2.75, 3.05) is 32.7 Å². The molecule has 3 atom stereocenters. The molecule has 2 rings (SSSR count). The van der Waals surface area contributed by atoms with Gasteiger partial charge in [0.15, 0.2) is 0 Å². The molecule has 3 unspecified atom stereocenters. The third kappa shape index (κ3) is 4.19. The summed E-state index contributed by atoms with van der Waals surface area (Å²) in [7, 11) is 0. The van der Waals surface area contributed by atoms with Gasteiger partial charge in [-0.15, -0.1) is 0 Å². The van der Waals surface area contributed by atoms with Gasteiger partial charge in [0.1, 0.15) is 0 Å². The Morgan fingerprint density at radius 2 is 1.85 bits per heavy atom. The molecular formula is C17H35N3. The SMILES string of the molecule is CCC(C)N1CCN(CC2CC(C)(C)CCC2N)CC1. The molecule has 0 aromatic carbocycles. The first-order valence-corrected chi connectivity index (χ1v) is 8.63. The Kier molecular flexibility index (Phi) is 5.49. The van der Waals surface area contributed by atoms with Crippen molar-refractivity contribution in [2.24, 2.45) is 17.1 Å². The minimum atomic E-state index is 0.427. The van der Waals surface area contributed by atoms with Crippen LogP contribution in [0.5, 0.6) is 0 Å². The van der Waals surface area contributed by atoms with Crippen LogP contribution in [0.4, 0.5) is 0 Å². The average Bonchev–Trinajstić information content (AvgIpc) is 2.43. The maximum Gasteiger partial charge on any atom is 0.0113 e. The van der Waals surface area contributed by atoms with Gasteiger partial charge in [-0.1, -0.05) is 20.8 Å². The summed E-state index contributed by atoms with van der Waals surface area (Å²) in [6, 6.07) is 1.17. The van der Waals surface area contributed by atoms with E-state index in [1.54, 1.807) is 0 Å². The van der Waals surface area contributed by atoms with Crippen LogP contribution < -0.4 is 5.73 Å². The highest BCUT2D eigenvalue weighted by Gasteiger charge is 2.34. The van der Waals surface area contributed by atoms with Crippen LogP contribution in [0.25, 0.3) is 0 Å². The highest BCUT2D eigenvalue weighted by Crippen LogP contribution is 2.38. The van der Waals surface area contributed by atoms with Gasteiger partial charge in [-0.3, -0.25) is 4.90 Å². The Bertz CT molecular complexity index is 295. The average molecular weight is 281 g/mol. The Morgan fingerprint density at radius 1 is 1.20 bits per heavy atom. The second-order valence-corrected chi connectivity index (χ2v) is 7.92. The molecule has 0 aromatic heterocycles. The molecule has 1 aliphatic heterocycles. The lowest BCUT2D eigenvalue weighted by molar-refractivity contribution is 0.0642. The second-order valence-electron chi connectivity index (χ2n) is 7.92. The third-order valence-corrected chi connectivity index (χ3v) is 5.69. The minimum Gasteiger partial charge on any atom is -0.327 e. The molecule has 3 nitrogen and oxygen atoms in total. The van der Waals surface area contributed by atoms with Gasteiger partial charge in [0.25, 0.3) is 0 Å². The van der Waals surface area contributed by atoms with Gasteiger partial charge in [-0.05, 0) is 43.9 Å². The Morgan fingerprint density at radius 3 is 2.45 bits per heavy atom. The maximum atomic E-state index is 6.38. The van der Waals surface area contributed by atoms with Crippen LogP contribution in [0.15, 0.2) is 0 Å². The molecule has 2 fully saturated rings. The minimum absolute atomic E-state index is 0.427. The van der Waals surface area contributed by atoms with Gasteiger partial charge in [0, 0.05) is 44.8 Å². The molecule has 0 radical (unpaired) electrons. The Labute approximate surface area is 125 Å². The molecule has 0 aromatic rings. The highest BCUT2D eigenvalue weighted by atomic mass is 15.3. The van der Waals surface area contributed by atoms with Crippen molar-refractivity contribution in [1.29, 1.82) is 0 Å². The van der Waals surface area contributed by atoms with Gasteiger partial charge in [-0.25, -0.2) is 0 Å². The molecule has 0 spiro atoms. The zero-order valence-electron chi connectivity index (χ0n) is 14.1. The van der Waals surface area contributed by atoms with Crippen molar-refractivity contribution in [2.45, 2.75) is 65.5 Å². The van der Waals surface area contributed by atoms with Crippen LogP contribution in [0.3, 0.4) is 0 Å². The lowest BCUT2D eigenvalue weighted by Crippen LogP contribution is -2.52. The van der Waals surface area contributed by atoms with Crippen LogP contribution in [0.1, 0.15) is 53.4 Å². The van der Waals surface area contributed by atoms with Gasteiger partial charge < -0.3 is 10.6 Å². The summed E-state index contributed by atoms with van der Waals surface area (Å²) in [6.45, 7) is 15.6. The third-order valence-electron chi connectivity index (χ3n) is 5.69. The van der Waals surface area contributed by atoms with E-state index < -0.39 is 0 Å². The van der Waals surface area contributed by atoms with E-state index in [-0.39, 0.29) is 0 Å². The summed E-state index contributed by atoms with van der Waals surface area (Å²) in [4.78, 5) is 5.30. The summed E-state index contributed by atoms with van der Waals surface area (Å²) < 4.78 is 0. The van der Waals surface area contributed by atoms with E-state index >= 15 is 0 Å². The molecule has 2 N–H and O–H groups in total. The van der Waals surface area contributed by atoms with Crippen LogP contribution in [0.2, 0.25) is 0 Å². The molecule has 1 aliphatic carbocycles. The molecule has 1 saturated carbocycles. The van der Waals surface area contributed by atoms with Crippen LogP contribution in [-0.4, -0.2) is 54.6 Å². The molecule has 0 amide bonds. The number of rotatable bonds is 4. The predicted molar refractivity (Wildman–Crippen MR) is 86.9 cm³/mol. The topological polar surface area (TPSA) is 32.5 Å². The van der Waals surface area contributed by atoms with Crippen LogP contribution >= 0.6 is 0 Å². The van der Waals surface area contributed by atoms with Gasteiger partial charge in [0.05, 0.1) is 0 Å². The Balaban J connectivity index is 1.80. The number of nitrogens with two attached hydrogens (primary N) is 1. The summed E-state index contributed by atoms with van der Waals surface area (Å²) in [5, 5.41) is 0. The van der Waals surface area contributed by atoms with Crippen molar-refractivity contribution in [1.82, 2.24) is 9.80 Å². The lowest BCUT2D eigenvalue weighted by atomic mass is 9.70. The molecular weight excluding hydrogens is 246 g/mol. The van der Waals surface area contributed by atoms with Crippen molar-refractivity contribution >= 4 is 0 Å². The van der Waals surface area contributed by atoms with Crippen LogP contribution in [0, 0.1) is 11.3 Å². The number of hydrogen-bond acceptors (Lipinski definition) is 3. The summed E-state index contributed by atoms with van der Waals surface area (Å²) >= 11 is 0. The predicted octanol–water partition coefficient (Wildman–Crippen LogP) is 2.56. The molecule has 0 bridgehead atoms. The van der Waals surface area contributed by atoms with E-state index in [0.717, 1.165) is 6.04 Å². The quantitative estimate of drug-likeness (QED) is 0.859. The lowest BCUT2D eigenvalue weighted by Gasteiger charge is -2.44. The van der Waals surface area contributed by atoms with E-state index in [0.29, 0.717) is 17.4 Å². The first kappa shape index (κ1) is 16.3. The fraction of sp³-hybridized carbons (Fsp3) is 1.00. The van der Waals surface area contributed by atoms with E-state index in [4.69, 9.17) is 5.73 Å². The molecule has 1 heterocycles. The molecule has 3 heteroatoms. The van der Waals surface area contributed by atoms with E-state index in [2.05, 4.69) is 37.5 Å².